The van der Waals surface area contributed by atoms with Crippen molar-refractivity contribution in [2.45, 2.75) is 32.1 Å². The van der Waals surface area contributed by atoms with Gasteiger partial charge in [0.05, 0.1) is 6.61 Å². The van der Waals surface area contributed by atoms with Gasteiger partial charge in [-0.1, -0.05) is 28.8 Å². The number of benzene rings is 1. The summed E-state index contributed by atoms with van der Waals surface area (Å²) in [7, 11) is 0. The Hall–Kier alpha value is -0.210. The fourth-order valence-electron chi connectivity index (χ4n) is 2.49. The zero-order chi connectivity index (χ0) is 12.1. The largest absolute Gasteiger partial charge is 0.494 e. The highest BCUT2D eigenvalue weighted by Crippen LogP contribution is 2.42. The minimum Gasteiger partial charge on any atom is -0.494 e. The van der Waals surface area contributed by atoms with Crippen LogP contribution in [0.25, 0.3) is 0 Å². The predicted molar refractivity (Wildman–Crippen MR) is 75.9 cm³/mol. The molecule has 1 aliphatic carbocycles. The topological polar surface area (TPSA) is 9.23 Å². The molecule has 94 valence electrons. The lowest BCUT2D eigenvalue weighted by Crippen LogP contribution is -2.21. The first-order valence-corrected chi connectivity index (χ1v) is 7.51. The fourth-order valence-corrected chi connectivity index (χ4v) is 3.16. The smallest absolute Gasteiger partial charge is 0.119 e. The number of hydrogen-bond donors (Lipinski definition) is 0. The van der Waals surface area contributed by atoms with Crippen LogP contribution in [0.15, 0.2) is 28.7 Å². The number of halogens is 2. The molecule has 0 heterocycles. The number of ether oxygens (including phenoxy) is 1. The summed E-state index contributed by atoms with van der Waals surface area (Å²) in [6, 6.07) is 7.99. The van der Waals surface area contributed by atoms with E-state index in [1.165, 1.54) is 25.7 Å². The molecule has 17 heavy (non-hydrogen) atoms. The monoisotopic (exact) mass is 316 g/mol. The summed E-state index contributed by atoms with van der Waals surface area (Å²) in [5, 5.41) is 0. The molecule has 1 saturated carbocycles. The van der Waals surface area contributed by atoms with Crippen LogP contribution < -0.4 is 4.74 Å². The highest BCUT2D eigenvalue weighted by atomic mass is 79.9. The van der Waals surface area contributed by atoms with E-state index < -0.39 is 0 Å². The van der Waals surface area contributed by atoms with E-state index in [-0.39, 0.29) is 0 Å². The van der Waals surface area contributed by atoms with E-state index in [1.807, 2.05) is 24.3 Å². The summed E-state index contributed by atoms with van der Waals surface area (Å²) < 4.78 is 6.85. The molecule has 1 nitrogen and oxygen atoms in total. The molecule has 0 aliphatic heterocycles. The van der Waals surface area contributed by atoms with Crippen LogP contribution in [-0.2, 0) is 0 Å². The van der Waals surface area contributed by atoms with Crippen molar-refractivity contribution in [3.63, 3.8) is 0 Å². The molecule has 3 heteroatoms. The molecule has 1 aromatic carbocycles. The van der Waals surface area contributed by atoms with Gasteiger partial charge in [-0.2, -0.15) is 0 Å². The normalized spacial score (nSPS) is 18.2. The van der Waals surface area contributed by atoms with Crippen molar-refractivity contribution < 1.29 is 4.74 Å². The van der Waals surface area contributed by atoms with Gasteiger partial charge in [0.1, 0.15) is 5.75 Å². The Balaban J connectivity index is 1.80. The van der Waals surface area contributed by atoms with Crippen LogP contribution in [0.3, 0.4) is 0 Å². The lowest BCUT2D eigenvalue weighted by Gasteiger charge is -2.25. The number of alkyl halides is 1. The molecule has 0 saturated heterocycles. The number of rotatable bonds is 5. The van der Waals surface area contributed by atoms with E-state index in [2.05, 4.69) is 15.9 Å². The van der Waals surface area contributed by atoms with Crippen molar-refractivity contribution in [1.29, 1.82) is 0 Å². The van der Waals surface area contributed by atoms with Gasteiger partial charge in [-0.25, -0.2) is 0 Å². The average Bonchev–Trinajstić information content (AvgIpc) is 2.81. The van der Waals surface area contributed by atoms with Crippen molar-refractivity contribution in [2.75, 3.05) is 12.5 Å². The first kappa shape index (κ1) is 13.2. The molecule has 1 fully saturated rings. The van der Waals surface area contributed by atoms with Gasteiger partial charge in [0.2, 0.25) is 0 Å². The Morgan fingerprint density at radius 3 is 2.41 bits per heavy atom. The SMILES string of the molecule is ClCC1(CCOc2ccc(Br)cc2)CCCC1. The van der Waals surface area contributed by atoms with Gasteiger partial charge in [-0.05, 0) is 48.9 Å². The summed E-state index contributed by atoms with van der Waals surface area (Å²) >= 11 is 9.52. The third-order valence-corrected chi connectivity index (χ3v) is 4.76. The second kappa shape index (κ2) is 6.10. The van der Waals surface area contributed by atoms with Crippen molar-refractivity contribution in [1.82, 2.24) is 0 Å². The molecule has 1 aromatic rings. The van der Waals surface area contributed by atoms with Crippen LogP contribution in [0.2, 0.25) is 0 Å². The molecule has 0 atom stereocenters. The highest BCUT2D eigenvalue weighted by Gasteiger charge is 2.32. The molecule has 0 N–H and O–H groups in total. The van der Waals surface area contributed by atoms with E-state index >= 15 is 0 Å². The van der Waals surface area contributed by atoms with Crippen LogP contribution in [0.4, 0.5) is 0 Å². The first-order chi connectivity index (χ1) is 8.24. The summed E-state index contributed by atoms with van der Waals surface area (Å²) in [4.78, 5) is 0. The summed E-state index contributed by atoms with van der Waals surface area (Å²) in [5.41, 5.74) is 0.344. The number of hydrogen-bond acceptors (Lipinski definition) is 1. The third-order valence-electron chi connectivity index (χ3n) is 3.66. The van der Waals surface area contributed by atoms with Crippen molar-refractivity contribution in [3.8, 4) is 5.75 Å². The Bertz CT molecular complexity index is 344. The second-order valence-electron chi connectivity index (χ2n) is 4.89. The third kappa shape index (κ3) is 3.62. The van der Waals surface area contributed by atoms with E-state index in [0.717, 1.165) is 29.1 Å². The molecule has 0 aromatic heterocycles. The second-order valence-corrected chi connectivity index (χ2v) is 6.08. The predicted octanol–water partition coefficient (Wildman–Crippen LogP) is 5.02. The zero-order valence-corrected chi connectivity index (χ0v) is 12.3. The van der Waals surface area contributed by atoms with Gasteiger partial charge in [-0.3, -0.25) is 0 Å². The summed E-state index contributed by atoms with van der Waals surface area (Å²) in [6.07, 6.45) is 6.25. The Morgan fingerprint density at radius 2 is 1.82 bits per heavy atom. The van der Waals surface area contributed by atoms with E-state index in [1.54, 1.807) is 0 Å². The van der Waals surface area contributed by atoms with E-state index in [9.17, 15) is 0 Å². The minimum absolute atomic E-state index is 0.344. The molecule has 0 unspecified atom stereocenters. The van der Waals surface area contributed by atoms with Gasteiger partial charge in [-0.15, -0.1) is 11.6 Å². The van der Waals surface area contributed by atoms with E-state index in [4.69, 9.17) is 16.3 Å². The maximum atomic E-state index is 6.11. The molecular formula is C14H18BrClO. The lowest BCUT2D eigenvalue weighted by atomic mass is 9.85. The van der Waals surface area contributed by atoms with Gasteiger partial charge in [0.25, 0.3) is 0 Å². The van der Waals surface area contributed by atoms with Crippen molar-refractivity contribution in [2.24, 2.45) is 5.41 Å². The zero-order valence-electron chi connectivity index (χ0n) is 9.92. The highest BCUT2D eigenvalue weighted by molar-refractivity contribution is 9.10. The van der Waals surface area contributed by atoms with Crippen molar-refractivity contribution in [3.05, 3.63) is 28.7 Å². The lowest BCUT2D eigenvalue weighted by molar-refractivity contribution is 0.219. The Kier molecular flexibility index (Phi) is 4.75. The van der Waals surface area contributed by atoms with Gasteiger partial charge in [0.15, 0.2) is 0 Å². The summed E-state index contributed by atoms with van der Waals surface area (Å²) in [5.74, 6) is 1.72. The molecule has 0 radical (unpaired) electrons. The molecule has 0 amide bonds. The van der Waals surface area contributed by atoms with E-state index in [0.29, 0.717) is 5.41 Å². The van der Waals surface area contributed by atoms with Gasteiger partial charge >= 0.3 is 0 Å². The minimum atomic E-state index is 0.344. The fraction of sp³-hybridized carbons (Fsp3) is 0.571. The maximum absolute atomic E-state index is 6.11. The molecule has 1 aliphatic rings. The maximum Gasteiger partial charge on any atom is 0.119 e. The molecule has 0 spiro atoms. The Morgan fingerprint density at radius 1 is 1.18 bits per heavy atom. The molecule has 2 rings (SSSR count). The standard InChI is InChI=1S/C14H18BrClO/c15-12-3-5-13(6-4-12)17-10-9-14(11-16)7-1-2-8-14/h3-6H,1-2,7-11H2. The van der Waals surface area contributed by atoms with Crippen molar-refractivity contribution >= 4 is 27.5 Å². The molecular weight excluding hydrogens is 300 g/mol. The summed E-state index contributed by atoms with van der Waals surface area (Å²) in [6.45, 7) is 0.772. The van der Waals surface area contributed by atoms with Crippen LogP contribution in [0.1, 0.15) is 32.1 Å². The average molecular weight is 318 g/mol. The van der Waals surface area contributed by atoms with Crippen LogP contribution in [-0.4, -0.2) is 12.5 Å². The van der Waals surface area contributed by atoms with Gasteiger partial charge in [0, 0.05) is 10.4 Å². The Labute approximate surface area is 117 Å². The quantitative estimate of drug-likeness (QED) is 0.693. The van der Waals surface area contributed by atoms with Crippen LogP contribution in [0, 0.1) is 5.41 Å². The van der Waals surface area contributed by atoms with Crippen LogP contribution >= 0.6 is 27.5 Å². The van der Waals surface area contributed by atoms with Crippen LogP contribution in [0.5, 0.6) is 5.75 Å². The molecule has 0 bridgehead atoms. The first-order valence-electron chi connectivity index (χ1n) is 6.18. The van der Waals surface area contributed by atoms with Gasteiger partial charge < -0.3 is 4.74 Å².